The zero-order valence-electron chi connectivity index (χ0n) is 22.8. The van der Waals surface area contributed by atoms with E-state index in [0.29, 0.717) is 48.6 Å². The van der Waals surface area contributed by atoms with Crippen molar-refractivity contribution in [2.75, 3.05) is 0 Å². The lowest BCUT2D eigenvalue weighted by molar-refractivity contribution is -0.148. The van der Waals surface area contributed by atoms with E-state index >= 15 is 0 Å². The molecule has 1 heterocycles. The first-order valence-electron chi connectivity index (χ1n) is 15.2. The highest BCUT2D eigenvalue weighted by atomic mass is 16.2. The third kappa shape index (κ3) is 5.10. The van der Waals surface area contributed by atoms with Crippen molar-refractivity contribution in [1.82, 2.24) is 4.90 Å². The minimum Gasteiger partial charge on any atom is -0.299 e. The number of carbonyl (C=O) groups excluding carboxylic acids is 4. The summed E-state index contributed by atoms with van der Waals surface area (Å²) >= 11 is 0. The summed E-state index contributed by atoms with van der Waals surface area (Å²) in [5.41, 5.74) is 0. The first-order chi connectivity index (χ1) is 17.2. The number of amides is 2. The van der Waals surface area contributed by atoms with E-state index in [4.69, 9.17) is 0 Å². The van der Waals surface area contributed by atoms with Gasteiger partial charge in [-0.15, -0.1) is 0 Å². The highest BCUT2D eigenvalue weighted by Crippen LogP contribution is 2.46. The molecule has 0 N–H and O–H groups in total. The number of Topliss-reactive ketones (excluding diaryl/α,β-unsaturated/α-hetero) is 2. The van der Waals surface area contributed by atoms with Crippen LogP contribution >= 0.6 is 0 Å². The molecule has 0 aromatic heterocycles. The Morgan fingerprint density at radius 3 is 1.47 bits per heavy atom. The van der Waals surface area contributed by atoms with Crippen LogP contribution in [-0.2, 0) is 19.2 Å². The van der Waals surface area contributed by atoms with E-state index in [1.165, 1.54) is 0 Å². The van der Waals surface area contributed by atoms with Gasteiger partial charge < -0.3 is 0 Å². The fraction of sp³-hybridized carbons (Fsp3) is 0.871. The molecular weight excluding hydrogens is 450 g/mol. The molecule has 5 atom stereocenters. The summed E-state index contributed by atoms with van der Waals surface area (Å²) < 4.78 is 0. The molecule has 0 radical (unpaired) electrons. The standard InChI is InChI=1S/C31H47NO4/c1-18-4-9-21(10-5-18)28(33)23-15-24(29(34)22-11-6-19(2)7-12-22)17-25(16-23)32-30(35)26-13-8-20(3)14-27(26)31(32)36/h18-27H,4-17H2,1-3H3. The van der Waals surface area contributed by atoms with Crippen LogP contribution in [0.25, 0.3) is 0 Å². The van der Waals surface area contributed by atoms with Gasteiger partial charge in [-0.25, -0.2) is 0 Å². The van der Waals surface area contributed by atoms with Crippen molar-refractivity contribution in [2.24, 2.45) is 53.3 Å². The fourth-order valence-corrected chi connectivity index (χ4v) is 8.50. The average molecular weight is 498 g/mol. The van der Waals surface area contributed by atoms with E-state index in [2.05, 4.69) is 20.8 Å². The van der Waals surface area contributed by atoms with E-state index in [0.717, 1.165) is 70.6 Å². The van der Waals surface area contributed by atoms with Crippen molar-refractivity contribution in [3.8, 4) is 0 Å². The highest BCUT2D eigenvalue weighted by Gasteiger charge is 2.53. The van der Waals surface area contributed by atoms with Crippen LogP contribution < -0.4 is 0 Å². The molecule has 0 bridgehead atoms. The van der Waals surface area contributed by atoms with Crippen LogP contribution in [-0.4, -0.2) is 34.3 Å². The molecule has 0 aromatic rings. The van der Waals surface area contributed by atoms with Crippen molar-refractivity contribution in [3.63, 3.8) is 0 Å². The van der Waals surface area contributed by atoms with Gasteiger partial charge in [0.2, 0.25) is 11.8 Å². The number of ketones is 2. The second-order valence-corrected chi connectivity index (χ2v) is 13.7. The van der Waals surface area contributed by atoms with Crippen molar-refractivity contribution >= 4 is 23.4 Å². The lowest BCUT2D eigenvalue weighted by Crippen LogP contribution is -2.48. The second-order valence-electron chi connectivity index (χ2n) is 13.7. The van der Waals surface area contributed by atoms with Crippen LogP contribution in [0.1, 0.15) is 111 Å². The number of nitrogens with zero attached hydrogens (tertiary/aromatic N) is 1. The van der Waals surface area contributed by atoms with Crippen molar-refractivity contribution in [2.45, 2.75) is 117 Å². The molecule has 4 aliphatic carbocycles. The molecule has 0 spiro atoms. The quantitative estimate of drug-likeness (QED) is 0.438. The van der Waals surface area contributed by atoms with Crippen molar-refractivity contribution < 1.29 is 19.2 Å². The second kappa shape index (κ2) is 10.7. The van der Waals surface area contributed by atoms with Gasteiger partial charge in [-0.3, -0.25) is 24.1 Å². The summed E-state index contributed by atoms with van der Waals surface area (Å²) in [5, 5.41) is 0. The molecule has 200 valence electrons. The maximum atomic E-state index is 13.8. The number of hydrogen-bond acceptors (Lipinski definition) is 4. The van der Waals surface area contributed by atoms with Gasteiger partial charge in [-0.1, -0.05) is 46.5 Å². The monoisotopic (exact) mass is 497 g/mol. The summed E-state index contributed by atoms with van der Waals surface area (Å²) in [7, 11) is 0. The molecule has 5 unspecified atom stereocenters. The predicted octanol–water partition coefficient (Wildman–Crippen LogP) is 5.98. The summed E-state index contributed by atoms with van der Waals surface area (Å²) in [4.78, 5) is 56.2. The molecule has 5 heteroatoms. The van der Waals surface area contributed by atoms with Crippen molar-refractivity contribution in [3.05, 3.63) is 0 Å². The Kier molecular flexibility index (Phi) is 7.75. The molecule has 36 heavy (non-hydrogen) atoms. The smallest absolute Gasteiger partial charge is 0.233 e. The largest absolute Gasteiger partial charge is 0.299 e. The van der Waals surface area contributed by atoms with E-state index in [1.54, 1.807) is 4.90 Å². The molecule has 5 rings (SSSR count). The third-order valence-corrected chi connectivity index (χ3v) is 10.9. The van der Waals surface area contributed by atoms with E-state index in [-0.39, 0.29) is 53.4 Å². The maximum absolute atomic E-state index is 13.8. The minimum absolute atomic E-state index is 0.0146. The molecular formula is C31H47NO4. The zero-order chi connectivity index (χ0) is 25.6. The highest BCUT2D eigenvalue weighted by molar-refractivity contribution is 6.05. The van der Waals surface area contributed by atoms with Crippen LogP contribution in [0.4, 0.5) is 0 Å². The average Bonchev–Trinajstić information content (AvgIpc) is 3.12. The summed E-state index contributed by atoms with van der Waals surface area (Å²) in [6.07, 6.45) is 12.6. The van der Waals surface area contributed by atoms with E-state index < -0.39 is 0 Å². The Balaban J connectivity index is 1.36. The van der Waals surface area contributed by atoms with E-state index in [1.807, 2.05) is 0 Å². The van der Waals surface area contributed by atoms with Gasteiger partial charge in [-0.05, 0) is 82.0 Å². The Morgan fingerprint density at radius 1 is 0.528 bits per heavy atom. The van der Waals surface area contributed by atoms with Gasteiger partial charge in [0.15, 0.2) is 0 Å². The first kappa shape index (κ1) is 26.1. The molecule has 1 aliphatic heterocycles. The Hall–Kier alpha value is -1.52. The van der Waals surface area contributed by atoms with Gasteiger partial charge >= 0.3 is 0 Å². The van der Waals surface area contributed by atoms with Gasteiger partial charge in [0.1, 0.15) is 11.6 Å². The number of fused-ring (bicyclic) bond motifs is 1. The molecule has 1 saturated heterocycles. The van der Waals surface area contributed by atoms with Crippen LogP contribution in [0, 0.1) is 53.3 Å². The molecule has 4 saturated carbocycles. The molecule has 0 aromatic carbocycles. The first-order valence-corrected chi connectivity index (χ1v) is 15.2. The van der Waals surface area contributed by atoms with Gasteiger partial charge in [-0.2, -0.15) is 0 Å². The molecule has 5 fully saturated rings. The zero-order valence-corrected chi connectivity index (χ0v) is 22.8. The lowest BCUT2D eigenvalue weighted by Gasteiger charge is -2.40. The van der Waals surface area contributed by atoms with Crippen LogP contribution in [0.5, 0.6) is 0 Å². The maximum Gasteiger partial charge on any atom is 0.233 e. The van der Waals surface area contributed by atoms with Crippen LogP contribution in [0.3, 0.4) is 0 Å². The number of carbonyl (C=O) groups is 4. The summed E-state index contributed by atoms with van der Waals surface area (Å²) in [6.45, 7) is 6.71. The fourth-order valence-electron chi connectivity index (χ4n) is 8.50. The summed E-state index contributed by atoms with van der Waals surface area (Å²) in [6, 6.07) is -0.285. The number of imide groups is 1. The predicted molar refractivity (Wildman–Crippen MR) is 139 cm³/mol. The Bertz CT molecular complexity index is 824. The Morgan fingerprint density at radius 2 is 0.972 bits per heavy atom. The summed E-state index contributed by atoms with van der Waals surface area (Å²) in [5.74, 6) is 1.85. The normalized spacial score (nSPS) is 43.8. The number of hydrogen-bond donors (Lipinski definition) is 0. The lowest BCUT2D eigenvalue weighted by atomic mass is 9.67. The SMILES string of the molecule is CC1CCC(C(=O)C2CC(C(=O)C3CCC(C)CC3)CC(N3C(=O)C4CCC(C)CC4C3=O)C2)CC1. The Labute approximate surface area is 217 Å². The van der Waals surface area contributed by atoms with E-state index in [9.17, 15) is 19.2 Å². The van der Waals surface area contributed by atoms with Gasteiger partial charge in [0.25, 0.3) is 0 Å². The van der Waals surface area contributed by atoms with Gasteiger partial charge in [0, 0.05) is 29.7 Å². The van der Waals surface area contributed by atoms with Crippen LogP contribution in [0.2, 0.25) is 0 Å². The topological polar surface area (TPSA) is 71.5 Å². The van der Waals surface area contributed by atoms with Crippen molar-refractivity contribution in [1.29, 1.82) is 0 Å². The number of rotatable bonds is 5. The van der Waals surface area contributed by atoms with Gasteiger partial charge in [0.05, 0.1) is 11.8 Å². The molecule has 5 nitrogen and oxygen atoms in total. The minimum atomic E-state index is -0.285. The van der Waals surface area contributed by atoms with Crippen LogP contribution in [0.15, 0.2) is 0 Å². The number of likely N-dealkylation sites (tertiary alicyclic amines) is 1. The third-order valence-electron chi connectivity index (χ3n) is 10.9. The molecule has 2 amide bonds. The molecule has 5 aliphatic rings.